The van der Waals surface area contributed by atoms with Crippen LogP contribution in [0.3, 0.4) is 0 Å². The Morgan fingerprint density at radius 3 is 2.72 bits per heavy atom. The highest BCUT2D eigenvalue weighted by atomic mass is 79.9. The number of hydrazine groups is 1. The van der Waals surface area contributed by atoms with Crippen LogP contribution in [0.15, 0.2) is 27.7 Å². The van der Waals surface area contributed by atoms with Crippen molar-refractivity contribution in [3.8, 4) is 0 Å². The molecule has 0 atom stereocenters. The van der Waals surface area contributed by atoms with Gasteiger partial charge in [-0.1, -0.05) is 36.7 Å². The summed E-state index contributed by atoms with van der Waals surface area (Å²) in [6.07, 6.45) is 0.948. The summed E-state index contributed by atoms with van der Waals surface area (Å²) in [5, 5.41) is 3.22. The molecule has 100 valence electrons. The van der Waals surface area contributed by atoms with E-state index in [1.807, 2.05) is 12.1 Å². The number of guanidine groups is 1. The van der Waals surface area contributed by atoms with Gasteiger partial charge in [-0.3, -0.25) is 10.4 Å². The van der Waals surface area contributed by atoms with Crippen LogP contribution in [-0.2, 0) is 6.42 Å². The van der Waals surface area contributed by atoms with Gasteiger partial charge in [0.05, 0.1) is 0 Å². The van der Waals surface area contributed by atoms with E-state index in [9.17, 15) is 0 Å². The largest absolute Gasteiger partial charge is 0.325 e. The number of hydrogen-bond donors (Lipinski definition) is 3. The summed E-state index contributed by atoms with van der Waals surface area (Å²) >= 11 is 3.47. The number of rotatable bonds is 4. The van der Waals surface area contributed by atoms with Gasteiger partial charge in [0.25, 0.3) is 0 Å². The van der Waals surface area contributed by atoms with Gasteiger partial charge in [0.2, 0.25) is 5.96 Å². The standard InChI is InChI=1S/C13H21BrN4/c1-4-10-7-11(14)5-6-12(10)17-13(18-15)16-8-9(2)3/h5-7,9H,4,8,15H2,1-3H3,(H2,16,17,18). The molecule has 1 rings (SSSR count). The Hall–Kier alpha value is -1.07. The Bertz CT molecular complexity index is 415. The molecule has 5 heteroatoms. The molecule has 0 heterocycles. The fourth-order valence-electron chi connectivity index (χ4n) is 1.50. The second-order valence-electron chi connectivity index (χ2n) is 4.51. The van der Waals surface area contributed by atoms with Crippen LogP contribution in [0.2, 0.25) is 0 Å². The van der Waals surface area contributed by atoms with Crippen molar-refractivity contribution in [1.29, 1.82) is 0 Å². The van der Waals surface area contributed by atoms with Gasteiger partial charge in [0.15, 0.2) is 0 Å². The van der Waals surface area contributed by atoms with E-state index in [4.69, 9.17) is 5.84 Å². The van der Waals surface area contributed by atoms with Crippen molar-refractivity contribution in [2.75, 3.05) is 11.9 Å². The van der Waals surface area contributed by atoms with Gasteiger partial charge in [-0.05, 0) is 36.1 Å². The van der Waals surface area contributed by atoms with Crippen LogP contribution in [-0.4, -0.2) is 12.5 Å². The van der Waals surface area contributed by atoms with E-state index in [0.717, 1.165) is 23.1 Å². The normalized spacial score (nSPS) is 11.8. The third kappa shape index (κ3) is 4.66. The molecule has 1 aromatic rings. The summed E-state index contributed by atoms with van der Waals surface area (Å²) in [7, 11) is 0. The Kier molecular flexibility index (Phi) is 6.15. The average molecular weight is 313 g/mol. The van der Waals surface area contributed by atoms with Crippen LogP contribution in [0.5, 0.6) is 0 Å². The third-order valence-electron chi connectivity index (χ3n) is 2.45. The predicted molar refractivity (Wildman–Crippen MR) is 81.6 cm³/mol. The first kappa shape index (κ1) is 15.0. The number of nitrogens with zero attached hydrogens (tertiary/aromatic N) is 1. The molecule has 18 heavy (non-hydrogen) atoms. The van der Waals surface area contributed by atoms with Crippen molar-refractivity contribution in [3.63, 3.8) is 0 Å². The maximum atomic E-state index is 5.48. The first-order chi connectivity index (χ1) is 8.56. The summed E-state index contributed by atoms with van der Waals surface area (Å²) in [4.78, 5) is 4.39. The van der Waals surface area contributed by atoms with E-state index in [2.05, 4.69) is 58.5 Å². The molecule has 0 saturated carbocycles. The lowest BCUT2D eigenvalue weighted by Crippen LogP contribution is -2.36. The van der Waals surface area contributed by atoms with Crippen LogP contribution in [0.1, 0.15) is 26.3 Å². The summed E-state index contributed by atoms with van der Waals surface area (Å²) in [6, 6.07) is 6.11. The molecule has 0 aromatic heterocycles. The monoisotopic (exact) mass is 312 g/mol. The second kappa shape index (κ2) is 7.38. The Labute approximate surface area is 117 Å². The fourth-order valence-corrected chi connectivity index (χ4v) is 1.91. The maximum absolute atomic E-state index is 5.48. The van der Waals surface area contributed by atoms with E-state index >= 15 is 0 Å². The van der Waals surface area contributed by atoms with Crippen molar-refractivity contribution < 1.29 is 0 Å². The Morgan fingerprint density at radius 1 is 1.44 bits per heavy atom. The highest BCUT2D eigenvalue weighted by Gasteiger charge is 2.04. The molecule has 0 radical (unpaired) electrons. The average Bonchev–Trinajstić information content (AvgIpc) is 2.35. The molecule has 0 aliphatic rings. The zero-order valence-electron chi connectivity index (χ0n) is 11.1. The van der Waals surface area contributed by atoms with Crippen molar-refractivity contribution in [2.45, 2.75) is 27.2 Å². The van der Waals surface area contributed by atoms with Crippen LogP contribution in [0.25, 0.3) is 0 Å². The highest BCUT2D eigenvalue weighted by Crippen LogP contribution is 2.21. The number of hydrogen-bond acceptors (Lipinski definition) is 2. The number of nitrogens with two attached hydrogens (primary N) is 1. The minimum Gasteiger partial charge on any atom is -0.325 e. The molecule has 1 aromatic carbocycles. The molecule has 0 aliphatic heterocycles. The number of halogens is 1. The molecule has 0 saturated heterocycles. The quantitative estimate of drug-likeness (QED) is 0.347. The van der Waals surface area contributed by atoms with Gasteiger partial charge in [-0.2, -0.15) is 0 Å². The topological polar surface area (TPSA) is 62.4 Å². The van der Waals surface area contributed by atoms with Gasteiger partial charge in [-0.25, -0.2) is 5.84 Å². The zero-order chi connectivity index (χ0) is 13.5. The molecular formula is C13H21BrN4. The summed E-state index contributed by atoms with van der Waals surface area (Å²) < 4.78 is 1.08. The third-order valence-corrected chi connectivity index (χ3v) is 2.95. The zero-order valence-corrected chi connectivity index (χ0v) is 12.7. The lowest BCUT2D eigenvalue weighted by molar-refractivity contribution is 0.663. The maximum Gasteiger partial charge on any atom is 0.210 e. The summed E-state index contributed by atoms with van der Waals surface area (Å²) in [6.45, 7) is 7.10. The molecule has 0 unspecified atom stereocenters. The molecular weight excluding hydrogens is 292 g/mol. The first-order valence-corrected chi connectivity index (χ1v) is 6.92. The van der Waals surface area contributed by atoms with Crippen molar-refractivity contribution in [3.05, 3.63) is 28.2 Å². The smallest absolute Gasteiger partial charge is 0.210 e. The summed E-state index contributed by atoms with van der Waals surface area (Å²) in [5.74, 6) is 6.58. The van der Waals surface area contributed by atoms with E-state index < -0.39 is 0 Å². The predicted octanol–water partition coefficient (Wildman–Crippen LogP) is 2.90. The fraction of sp³-hybridized carbons (Fsp3) is 0.462. The second-order valence-corrected chi connectivity index (χ2v) is 5.42. The molecule has 4 nitrogen and oxygen atoms in total. The molecule has 0 fully saturated rings. The van der Waals surface area contributed by atoms with Crippen molar-refractivity contribution in [1.82, 2.24) is 5.43 Å². The van der Waals surface area contributed by atoms with Crippen LogP contribution < -0.4 is 16.6 Å². The minimum absolute atomic E-state index is 0.505. The Balaban J connectivity index is 2.84. The molecule has 4 N–H and O–H groups in total. The Morgan fingerprint density at radius 2 is 2.17 bits per heavy atom. The number of aliphatic imine (C=N–C) groups is 1. The van der Waals surface area contributed by atoms with Gasteiger partial charge in [0, 0.05) is 16.7 Å². The lowest BCUT2D eigenvalue weighted by atomic mass is 10.1. The minimum atomic E-state index is 0.505. The van der Waals surface area contributed by atoms with Gasteiger partial charge < -0.3 is 5.32 Å². The van der Waals surface area contributed by atoms with E-state index in [1.165, 1.54) is 5.56 Å². The summed E-state index contributed by atoms with van der Waals surface area (Å²) in [5.41, 5.74) is 4.85. The van der Waals surface area contributed by atoms with E-state index in [-0.39, 0.29) is 0 Å². The highest BCUT2D eigenvalue weighted by molar-refractivity contribution is 9.10. The SMILES string of the molecule is CCc1cc(Br)ccc1NC(=NCC(C)C)NN. The number of anilines is 1. The van der Waals surface area contributed by atoms with Crippen LogP contribution in [0, 0.1) is 5.92 Å². The number of aryl methyl sites for hydroxylation is 1. The molecule has 0 aliphatic carbocycles. The lowest BCUT2D eigenvalue weighted by Gasteiger charge is -2.13. The number of benzene rings is 1. The van der Waals surface area contributed by atoms with Crippen molar-refractivity contribution in [2.24, 2.45) is 16.8 Å². The van der Waals surface area contributed by atoms with Gasteiger partial charge in [0.1, 0.15) is 0 Å². The van der Waals surface area contributed by atoms with E-state index in [1.54, 1.807) is 0 Å². The number of nitrogens with one attached hydrogen (secondary N) is 2. The van der Waals surface area contributed by atoms with Crippen LogP contribution >= 0.6 is 15.9 Å². The molecule has 0 amide bonds. The van der Waals surface area contributed by atoms with E-state index in [0.29, 0.717) is 11.9 Å². The molecule has 0 spiro atoms. The first-order valence-electron chi connectivity index (χ1n) is 6.13. The van der Waals surface area contributed by atoms with Crippen LogP contribution in [0.4, 0.5) is 5.69 Å². The van der Waals surface area contributed by atoms with Gasteiger partial charge >= 0.3 is 0 Å². The van der Waals surface area contributed by atoms with Crippen molar-refractivity contribution >= 4 is 27.6 Å². The van der Waals surface area contributed by atoms with Gasteiger partial charge in [-0.15, -0.1) is 0 Å². The molecule has 0 bridgehead atoms.